The lowest BCUT2D eigenvalue weighted by molar-refractivity contribution is 0.0435. The predicted octanol–water partition coefficient (Wildman–Crippen LogP) is 3.67. The minimum Gasteiger partial charge on any atom is -0.455 e. The number of para-hydroxylation sites is 1. The van der Waals surface area contributed by atoms with Gasteiger partial charge in [-0.2, -0.15) is 18.6 Å². The van der Waals surface area contributed by atoms with Crippen molar-refractivity contribution < 1.29 is 22.4 Å². The van der Waals surface area contributed by atoms with E-state index < -0.39 is 24.3 Å². The predicted molar refractivity (Wildman–Crippen MR) is 94.8 cm³/mol. The number of aromatic nitrogens is 4. The third kappa shape index (κ3) is 2.63. The molecule has 0 fully saturated rings. The lowest BCUT2D eigenvalue weighted by Gasteiger charge is -2.33. The summed E-state index contributed by atoms with van der Waals surface area (Å²) in [6.07, 6.45) is 3.00. The van der Waals surface area contributed by atoms with Gasteiger partial charge in [0.2, 0.25) is 0 Å². The van der Waals surface area contributed by atoms with Crippen LogP contribution in [-0.2, 0) is 6.42 Å². The lowest BCUT2D eigenvalue weighted by atomic mass is 9.99. The van der Waals surface area contributed by atoms with Crippen molar-refractivity contribution in [3.8, 4) is 0 Å². The number of furan rings is 1. The van der Waals surface area contributed by atoms with E-state index >= 15 is 4.39 Å². The molecule has 0 unspecified atom stereocenters. The number of benzene rings is 1. The van der Waals surface area contributed by atoms with Gasteiger partial charge in [0.15, 0.2) is 11.6 Å². The van der Waals surface area contributed by atoms with Crippen molar-refractivity contribution in [3.05, 3.63) is 71.5 Å². The molecule has 10 heteroatoms. The van der Waals surface area contributed by atoms with E-state index in [1.807, 2.05) is 0 Å². The number of nitrogens with zero attached hydrogens (tertiary/aromatic N) is 4. The second kappa shape index (κ2) is 6.50. The van der Waals surface area contributed by atoms with Gasteiger partial charge in [-0.1, -0.05) is 12.1 Å². The molecule has 1 aromatic carbocycles. The Morgan fingerprint density at radius 2 is 2.10 bits per heavy atom. The number of rotatable bonds is 3. The van der Waals surface area contributed by atoms with Gasteiger partial charge in [0.05, 0.1) is 17.4 Å². The summed E-state index contributed by atoms with van der Waals surface area (Å²) in [6, 6.07) is 6.79. The van der Waals surface area contributed by atoms with E-state index in [0.717, 1.165) is 11.9 Å². The Morgan fingerprint density at radius 1 is 1.28 bits per heavy atom. The molecule has 29 heavy (non-hydrogen) atoms. The van der Waals surface area contributed by atoms with Crippen molar-refractivity contribution in [2.45, 2.75) is 19.0 Å². The third-order valence-corrected chi connectivity index (χ3v) is 5.07. The van der Waals surface area contributed by atoms with E-state index in [2.05, 4.69) is 15.1 Å². The fraction of sp³-hybridized carbons (Fsp3) is 0.211. The first kappa shape index (κ1) is 17.5. The summed E-state index contributed by atoms with van der Waals surface area (Å²) < 4.78 is 47.8. The molecule has 1 aliphatic rings. The maximum Gasteiger partial charge on any atom is 0.333 e. The Balaban J connectivity index is 1.66. The molecule has 5 rings (SSSR count). The van der Waals surface area contributed by atoms with Crippen molar-refractivity contribution in [2.24, 2.45) is 0 Å². The van der Waals surface area contributed by atoms with E-state index in [9.17, 15) is 13.6 Å². The van der Waals surface area contributed by atoms with Crippen LogP contribution in [0.15, 0.2) is 47.3 Å². The van der Waals surface area contributed by atoms with Crippen LogP contribution in [0.2, 0.25) is 0 Å². The number of carbonyl (C=O) groups is 1. The molecule has 1 atom stereocenters. The van der Waals surface area contributed by atoms with E-state index in [1.54, 1.807) is 24.3 Å². The Morgan fingerprint density at radius 3 is 2.90 bits per heavy atom. The van der Waals surface area contributed by atoms with Crippen LogP contribution in [0.3, 0.4) is 0 Å². The average Bonchev–Trinajstić information content (AvgIpc) is 3.45. The highest BCUT2D eigenvalue weighted by Crippen LogP contribution is 2.39. The SMILES string of the molecule is O=C(c1ccnn1C(F)F)N1CCc2[nH]cnc2[C@H]1c1oc2ccccc2c1F. The number of fused-ring (bicyclic) bond motifs is 2. The van der Waals surface area contributed by atoms with Gasteiger partial charge in [0, 0.05) is 24.9 Å². The molecule has 3 aromatic heterocycles. The second-order valence-corrected chi connectivity index (χ2v) is 6.63. The van der Waals surface area contributed by atoms with Gasteiger partial charge >= 0.3 is 6.55 Å². The maximum atomic E-state index is 15.2. The number of hydrogen-bond acceptors (Lipinski definition) is 4. The Bertz CT molecular complexity index is 1210. The first-order valence-corrected chi connectivity index (χ1v) is 8.88. The highest BCUT2D eigenvalue weighted by Gasteiger charge is 2.40. The zero-order valence-corrected chi connectivity index (χ0v) is 14.8. The molecule has 4 aromatic rings. The van der Waals surface area contributed by atoms with E-state index in [1.165, 1.54) is 17.3 Å². The number of imidazole rings is 1. The highest BCUT2D eigenvalue weighted by molar-refractivity contribution is 5.93. The van der Waals surface area contributed by atoms with Crippen LogP contribution in [0, 0.1) is 5.82 Å². The van der Waals surface area contributed by atoms with Crippen molar-refractivity contribution in [3.63, 3.8) is 0 Å². The number of H-pyrrole nitrogens is 1. The highest BCUT2D eigenvalue weighted by atomic mass is 19.3. The number of aromatic amines is 1. The van der Waals surface area contributed by atoms with Crippen LogP contribution in [0.5, 0.6) is 0 Å². The first-order valence-electron chi connectivity index (χ1n) is 8.88. The molecule has 1 aliphatic heterocycles. The van der Waals surface area contributed by atoms with Crippen molar-refractivity contribution >= 4 is 16.9 Å². The molecule has 0 radical (unpaired) electrons. The molecule has 0 saturated carbocycles. The molecule has 4 heterocycles. The Hall–Kier alpha value is -3.56. The van der Waals surface area contributed by atoms with Crippen molar-refractivity contribution in [2.75, 3.05) is 6.54 Å². The molecule has 7 nitrogen and oxygen atoms in total. The normalized spacial score (nSPS) is 16.6. The standard InChI is InChI=1S/C19H14F3N5O2/c20-14-10-3-1-2-4-13(10)29-17(14)16-15-11(23-9-24-15)6-8-26(16)18(28)12-5-7-25-27(12)19(21)22/h1-5,7,9,16,19H,6,8H2,(H,23,24)/t16-/m0/s1. The number of hydrogen-bond donors (Lipinski definition) is 1. The van der Waals surface area contributed by atoms with Gasteiger partial charge in [-0.15, -0.1) is 0 Å². The van der Waals surface area contributed by atoms with Gasteiger partial charge in [0.25, 0.3) is 5.91 Å². The summed E-state index contributed by atoms with van der Waals surface area (Å²) in [5.74, 6) is -1.40. The largest absolute Gasteiger partial charge is 0.455 e. The lowest BCUT2D eigenvalue weighted by Crippen LogP contribution is -2.41. The molecular weight excluding hydrogens is 387 g/mol. The second-order valence-electron chi connectivity index (χ2n) is 6.63. The molecular formula is C19H14F3N5O2. The van der Waals surface area contributed by atoms with Crippen LogP contribution < -0.4 is 0 Å². The minimum atomic E-state index is -2.98. The van der Waals surface area contributed by atoms with Crippen LogP contribution in [0.25, 0.3) is 11.0 Å². The quantitative estimate of drug-likeness (QED) is 0.568. The summed E-state index contributed by atoms with van der Waals surface area (Å²) in [5, 5.41) is 3.79. The molecule has 1 N–H and O–H groups in total. The number of halogens is 3. The van der Waals surface area contributed by atoms with E-state index in [0.29, 0.717) is 22.4 Å². The van der Waals surface area contributed by atoms with Crippen molar-refractivity contribution in [1.82, 2.24) is 24.6 Å². The van der Waals surface area contributed by atoms with Crippen LogP contribution in [0.4, 0.5) is 13.2 Å². The summed E-state index contributed by atoms with van der Waals surface area (Å²) in [5.41, 5.74) is 1.19. The average molecular weight is 401 g/mol. The molecule has 148 valence electrons. The topological polar surface area (TPSA) is 80.0 Å². The summed E-state index contributed by atoms with van der Waals surface area (Å²) >= 11 is 0. The zero-order chi connectivity index (χ0) is 20.1. The van der Waals surface area contributed by atoms with Gasteiger partial charge in [-0.3, -0.25) is 4.79 Å². The molecule has 0 spiro atoms. The van der Waals surface area contributed by atoms with Crippen LogP contribution >= 0.6 is 0 Å². The summed E-state index contributed by atoms with van der Waals surface area (Å²) in [7, 11) is 0. The van der Waals surface area contributed by atoms with Crippen LogP contribution in [0.1, 0.15) is 40.2 Å². The minimum absolute atomic E-state index is 0.0873. The summed E-state index contributed by atoms with van der Waals surface area (Å²) in [4.78, 5) is 21.7. The van der Waals surface area contributed by atoms with E-state index in [4.69, 9.17) is 4.42 Å². The van der Waals surface area contributed by atoms with Gasteiger partial charge in [-0.25, -0.2) is 9.37 Å². The summed E-state index contributed by atoms with van der Waals surface area (Å²) in [6.45, 7) is -2.81. The first-order chi connectivity index (χ1) is 14.1. The zero-order valence-electron chi connectivity index (χ0n) is 14.8. The Labute approximate surface area is 161 Å². The number of carbonyl (C=O) groups excluding carboxylic acids is 1. The fourth-order valence-electron chi connectivity index (χ4n) is 3.76. The van der Waals surface area contributed by atoms with Crippen LogP contribution in [-0.4, -0.2) is 37.1 Å². The number of alkyl halides is 2. The number of nitrogens with one attached hydrogen (secondary N) is 1. The van der Waals surface area contributed by atoms with Gasteiger partial charge in [-0.05, 0) is 18.2 Å². The number of amides is 1. The van der Waals surface area contributed by atoms with Gasteiger partial charge in [0.1, 0.15) is 17.3 Å². The Kier molecular flexibility index (Phi) is 3.93. The van der Waals surface area contributed by atoms with Gasteiger partial charge < -0.3 is 14.3 Å². The fourth-order valence-corrected chi connectivity index (χ4v) is 3.76. The van der Waals surface area contributed by atoms with Crippen molar-refractivity contribution in [1.29, 1.82) is 0 Å². The molecule has 0 bridgehead atoms. The molecule has 0 saturated heterocycles. The molecule has 0 aliphatic carbocycles. The molecule has 1 amide bonds. The smallest absolute Gasteiger partial charge is 0.333 e. The third-order valence-electron chi connectivity index (χ3n) is 5.07. The van der Waals surface area contributed by atoms with E-state index in [-0.39, 0.29) is 23.4 Å². The maximum absolute atomic E-state index is 15.2. The monoisotopic (exact) mass is 401 g/mol.